The van der Waals surface area contributed by atoms with Gasteiger partial charge in [-0.15, -0.1) is 0 Å². The third kappa shape index (κ3) is 4.68. The fraction of sp³-hybridized carbons (Fsp3) is 0.588. The van der Waals surface area contributed by atoms with Gasteiger partial charge in [0.2, 0.25) is 5.91 Å². The Balaban J connectivity index is 1.85. The van der Waals surface area contributed by atoms with Gasteiger partial charge in [0.15, 0.2) is 11.6 Å². The summed E-state index contributed by atoms with van der Waals surface area (Å²) < 4.78 is 26.3. The number of rotatable bonds is 6. The molecule has 0 saturated heterocycles. The number of hydrogen-bond acceptors (Lipinski definition) is 2. The molecule has 1 aromatic rings. The van der Waals surface area contributed by atoms with Gasteiger partial charge < -0.3 is 10.2 Å². The lowest BCUT2D eigenvalue weighted by molar-refractivity contribution is -0.120. The van der Waals surface area contributed by atoms with Crippen molar-refractivity contribution < 1.29 is 13.6 Å². The zero-order valence-electron chi connectivity index (χ0n) is 13.1. The molecule has 1 saturated carbocycles. The Morgan fingerprint density at radius 3 is 2.59 bits per heavy atom. The van der Waals surface area contributed by atoms with Crippen LogP contribution in [-0.2, 0) is 4.79 Å². The van der Waals surface area contributed by atoms with Crippen molar-refractivity contribution in [1.29, 1.82) is 0 Å². The van der Waals surface area contributed by atoms with E-state index in [0.717, 1.165) is 12.1 Å². The summed E-state index contributed by atoms with van der Waals surface area (Å²) in [4.78, 5) is 13.8. The highest BCUT2D eigenvalue weighted by atomic mass is 19.2. The molecule has 22 heavy (non-hydrogen) atoms. The average molecular weight is 310 g/mol. The van der Waals surface area contributed by atoms with Crippen molar-refractivity contribution in [2.24, 2.45) is 5.92 Å². The fourth-order valence-corrected chi connectivity index (χ4v) is 2.95. The molecule has 0 heterocycles. The summed E-state index contributed by atoms with van der Waals surface area (Å²) in [6, 6.07) is 3.72. The van der Waals surface area contributed by atoms with Crippen LogP contribution in [0.1, 0.15) is 39.0 Å². The molecule has 2 rings (SSSR count). The predicted octanol–water partition coefficient (Wildman–Crippen LogP) is 3.49. The molecule has 1 N–H and O–H groups in total. The Morgan fingerprint density at radius 2 is 1.95 bits per heavy atom. The summed E-state index contributed by atoms with van der Waals surface area (Å²) in [5.74, 6) is -1.26. The van der Waals surface area contributed by atoms with Crippen molar-refractivity contribution in [2.75, 3.05) is 24.5 Å². The molecule has 0 aromatic heterocycles. The smallest absolute Gasteiger partial charge is 0.239 e. The SMILES string of the molecule is CCN(CC(=O)NCC1CCCCC1)c1ccc(F)c(F)c1. The van der Waals surface area contributed by atoms with Crippen LogP contribution in [-0.4, -0.2) is 25.5 Å². The molecular formula is C17H24F2N2O. The molecule has 0 unspecified atom stereocenters. The molecule has 3 nitrogen and oxygen atoms in total. The van der Waals surface area contributed by atoms with Crippen molar-refractivity contribution >= 4 is 11.6 Å². The van der Waals surface area contributed by atoms with E-state index in [4.69, 9.17) is 0 Å². The topological polar surface area (TPSA) is 32.3 Å². The number of nitrogens with one attached hydrogen (secondary N) is 1. The Morgan fingerprint density at radius 1 is 1.23 bits per heavy atom. The minimum absolute atomic E-state index is 0.0721. The Labute approximate surface area is 130 Å². The standard InChI is InChI=1S/C17H24F2N2O/c1-2-21(14-8-9-15(18)16(19)10-14)12-17(22)20-11-13-6-4-3-5-7-13/h8-10,13H,2-7,11-12H2,1H3,(H,20,22). The minimum atomic E-state index is -0.890. The molecule has 0 spiro atoms. The molecule has 0 radical (unpaired) electrons. The van der Waals surface area contributed by atoms with Crippen LogP contribution in [0.25, 0.3) is 0 Å². The number of anilines is 1. The molecule has 0 bridgehead atoms. The van der Waals surface area contributed by atoms with Gasteiger partial charge in [0.1, 0.15) is 0 Å². The lowest BCUT2D eigenvalue weighted by Gasteiger charge is -2.25. The van der Waals surface area contributed by atoms with Crippen molar-refractivity contribution in [3.63, 3.8) is 0 Å². The monoisotopic (exact) mass is 310 g/mol. The van der Waals surface area contributed by atoms with Gasteiger partial charge in [-0.25, -0.2) is 8.78 Å². The zero-order chi connectivity index (χ0) is 15.9. The van der Waals surface area contributed by atoms with Crippen LogP contribution in [0.4, 0.5) is 14.5 Å². The lowest BCUT2D eigenvalue weighted by atomic mass is 9.89. The molecule has 0 aliphatic heterocycles. The number of hydrogen-bond donors (Lipinski definition) is 1. The third-order valence-electron chi connectivity index (χ3n) is 4.30. The Bertz CT molecular complexity index is 501. The fourth-order valence-electron chi connectivity index (χ4n) is 2.95. The second-order valence-corrected chi connectivity index (χ2v) is 5.92. The van der Waals surface area contributed by atoms with Crippen LogP contribution >= 0.6 is 0 Å². The molecule has 1 aliphatic rings. The maximum atomic E-state index is 13.3. The van der Waals surface area contributed by atoms with Gasteiger partial charge in [-0.1, -0.05) is 19.3 Å². The first-order valence-corrected chi connectivity index (χ1v) is 8.07. The molecule has 122 valence electrons. The van der Waals surface area contributed by atoms with Gasteiger partial charge in [-0.2, -0.15) is 0 Å². The van der Waals surface area contributed by atoms with Crippen molar-refractivity contribution in [2.45, 2.75) is 39.0 Å². The molecule has 1 amide bonds. The summed E-state index contributed by atoms with van der Waals surface area (Å²) in [5.41, 5.74) is 0.522. The second-order valence-electron chi connectivity index (χ2n) is 5.92. The van der Waals surface area contributed by atoms with Gasteiger partial charge in [0, 0.05) is 24.8 Å². The largest absolute Gasteiger partial charge is 0.362 e. The maximum absolute atomic E-state index is 13.3. The Hall–Kier alpha value is -1.65. The summed E-state index contributed by atoms with van der Waals surface area (Å²) >= 11 is 0. The van der Waals surface area contributed by atoms with Gasteiger partial charge in [0.05, 0.1) is 6.54 Å². The number of nitrogens with zero attached hydrogens (tertiary/aromatic N) is 1. The first-order chi connectivity index (χ1) is 10.6. The van der Waals surface area contributed by atoms with Crippen LogP contribution in [0, 0.1) is 17.6 Å². The van der Waals surface area contributed by atoms with Crippen LogP contribution in [0.3, 0.4) is 0 Å². The van der Waals surface area contributed by atoms with Crippen molar-refractivity contribution in [1.82, 2.24) is 5.32 Å². The molecule has 1 aromatic carbocycles. The van der Waals surface area contributed by atoms with E-state index in [1.807, 2.05) is 6.92 Å². The summed E-state index contributed by atoms with van der Waals surface area (Å²) in [7, 11) is 0. The van der Waals surface area contributed by atoms with E-state index >= 15 is 0 Å². The van der Waals surface area contributed by atoms with Crippen molar-refractivity contribution in [3.8, 4) is 0 Å². The van der Waals surface area contributed by atoms with E-state index < -0.39 is 11.6 Å². The van der Waals surface area contributed by atoms with Gasteiger partial charge in [-0.3, -0.25) is 4.79 Å². The van der Waals surface area contributed by atoms with E-state index in [-0.39, 0.29) is 12.5 Å². The molecule has 1 aliphatic carbocycles. The molecular weight excluding hydrogens is 286 g/mol. The summed E-state index contributed by atoms with van der Waals surface area (Å²) in [5, 5.41) is 2.96. The normalized spacial score (nSPS) is 15.6. The first kappa shape index (κ1) is 16.7. The highest BCUT2D eigenvalue weighted by molar-refractivity contribution is 5.81. The quantitative estimate of drug-likeness (QED) is 0.872. The number of halogens is 2. The zero-order valence-corrected chi connectivity index (χ0v) is 13.1. The predicted molar refractivity (Wildman–Crippen MR) is 83.8 cm³/mol. The van der Waals surface area contributed by atoms with Crippen LogP contribution in [0.2, 0.25) is 0 Å². The van der Waals surface area contributed by atoms with Gasteiger partial charge in [0.25, 0.3) is 0 Å². The van der Waals surface area contributed by atoms with Gasteiger partial charge in [-0.05, 0) is 37.8 Å². The van der Waals surface area contributed by atoms with E-state index in [9.17, 15) is 13.6 Å². The average Bonchev–Trinajstić information content (AvgIpc) is 2.54. The molecule has 0 atom stereocenters. The number of benzene rings is 1. The molecule has 1 fully saturated rings. The highest BCUT2D eigenvalue weighted by Crippen LogP contribution is 2.22. The van der Waals surface area contributed by atoms with Crippen LogP contribution in [0.15, 0.2) is 18.2 Å². The molecule has 5 heteroatoms. The Kier molecular flexibility index (Phi) is 6.16. The maximum Gasteiger partial charge on any atom is 0.239 e. The van der Waals surface area contributed by atoms with E-state index in [2.05, 4.69) is 5.32 Å². The summed E-state index contributed by atoms with van der Waals surface area (Å²) in [6.07, 6.45) is 6.15. The lowest BCUT2D eigenvalue weighted by Crippen LogP contribution is -2.39. The van der Waals surface area contributed by atoms with Crippen molar-refractivity contribution in [3.05, 3.63) is 29.8 Å². The van der Waals surface area contributed by atoms with E-state index in [1.165, 1.54) is 38.2 Å². The summed E-state index contributed by atoms with van der Waals surface area (Å²) in [6.45, 7) is 3.32. The van der Waals surface area contributed by atoms with Crippen LogP contribution < -0.4 is 10.2 Å². The van der Waals surface area contributed by atoms with E-state index in [0.29, 0.717) is 24.7 Å². The third-order valence-corrected chi connectivity index (χ3v) is 4.30. The number of carbonyl (C=O) groups is 1. The second kappa shape index (κ2) is 8.11. The van der Waals surface area contributed by atoms with E-state index in [1.54, 1.807) is 4.90 Å². The number of likely N-dealkylation sites (N-methyl/N-ethyl adjacent to an activating group) is 1. The van der Waals surface area contributed by atoms with Crippen LogP contribution in [0.5, 0.6) is 0 Å². The number of carbonyl (C=O) groups excluding carboxylic acids is 1. The highest BCUT2D eigenvalue weighted by Gasteiger charge is 2.16. The first-order valence-electron chi connectivity index (χ1n) is 8.07. The minimum Gasteiger partial charge on any atom is -0.362 e. The van der Waals surface area contributed by atoms with Gasteiger partial charge >= 0.3 is 0 Å². The number of amides is 1.